The molecule has 1 atom stereocenters. The van der Waals surface area contributed by atoms with Gasteiger partial charge in [-0.1, -0.05) is 24.6 Å². The number of halogens is 1. The molecule has 0 radical (unpaired) electrons. The average molecular weight is 341 g/mol. The summed E-state index contributed by atoms with van der Waals surface area (Å²) < 4.78 is 5.78. The summed E-state index contributed by atoms with van der Waals surface area (Å²) in [4.78, 5) is 2.40. The van der Waals surface area contributed by atoms with Gasteiger partial charge in [-0.15, -0.1) is 0 Å². The highest BCUT2D eigenvalue weighted by atomic mass is 35.5. The molecule has 1 aromatic rings. The van der Waals surface area contributed by atoms with Gasteiger partial charge >= 0.3 is 0 Å². The van der Waals surface area contributed by atoms with Gasteiger partial charge in [0.1, 0.15) is 5.75 Å². The minimum atomic E-state index is -0.0995. The first-order valence-corrected chi connectivity index (χ1v) is 9.02. The largest absolute Gasteiger partial charge is 0.489 e. The highest BCUT2D eigenvalue weighted by Crippen LogP contribution is 2.26. The maximum absolute atomic E-state index is 9.50. The van der Waals surface area contributed by atoms with Crippen LogP contribution in [0.3, 0.4) is 0 Å². The van der Waals surface area contributed by atoms with Crippen molar-refractivity contribution in [2.75, 3.05) is 26.2 Å². The number of piperidine rings is 1. The molecule has 1 fully saturated rings. The van der Waals surface area contributed by atoms with E-state index in [1.54, 1.807) is 0 Å². The van der Waals surface area contributed by atoms with E-state index in [1.807, 2.05) is 19.1 Å². The number of nitrogens with one attached hydrogen (secondary N) is 1. The molecule has 2 rings (SSSR count). The van der Waals surface area contributed by atoms with Crippen LogP contribution in [-0.2, 0) is 6.54 Å². The summed E-state index contributed by atoms with van der Waals surface area (Å²) in [7, 11) is 0. The first kappa shape index (κ1) is 18.5. The van der Waals surface area contributed by atoms with E-state index in [0.29, 0.717) is 5.02 Å². The van der Waals surface area contributed by atoms with Crippen molar-refractivity contribution in [3.63, 3.8) is 0 Å². The molecule has 0 aromatic heterocycles. The number of hydrogen-bond acceptors (Lipinski definition) is 4. The van der Waals surface area contributed by atoms with Crippen molar-refractivity contribution >= 4 is 11.6 Å². The van der Waals surface area contributed by atoms with Gasteiger partial charge in [-0.05, 0) is 43.9 Å². The fourth-order valence-electron chi connectivity index (χ4n) is 2.66. The third-order valence-corrected chi connectivity index (χ3v) is 4.69. The molecule has 1 aromatic carbocycles. The van der Waals surface area contributed by atoms with E-state index in [4.69, 9.17) is 16.3 Å². The molecule has 0 bridgehead atoms. The second-order valence-corrected chi connectivity index (χ2v) is 6.76. The maximum atomic E-state index is 9.50. The Bertz CT molecular complexity index is 476. The molecule has 4 nitrogen and oxygen atoms in total. The summed E-state index contributed by atoms with van der Waals surface area (Å²) in [5.74, 6) is 0.761. The van der Waals surface area contributed by atoms with Gasteiger partial charge in [0, 0.05) is 32.7 Å². The van der Waals surface area contributed by atoms with Crippen molar-refractivity contribution in [3.8, 4) is 5.75 Å². The van der Waals surface area contributed by atoms with Crippen molar-refractivity contribution in [2.45, 2.75) is 51.9 Å². The summed E-state index contributed by atoms with van der Waals surface area (Å²) in [5.41, 5.74) is 1.17. The first-order valence-electron chi connectivity index (χ1n) is 8.64. The Morgan fingerprint density at radius 3 is 2.78 bits per heavy atom. The monoisotopic (exact) mass is 340 g/mol. The second-order valence-electron chi connectivity index (χ2n) is 6.35. The van der Waals surface area contributed by atoms with E-state index in [-0.39, 0.29) is 12.2 Å². The second kappa shape index (κ2) is 9.48. The van der Waals surface area contributed by atoms with Crippen LogP contribution in [0.15, 0.2) is 18.2 Å². The van der Waals surface area contributed by atoms with Crippen LogP contribution in [0, 0.1) is 0 Å². The fraction of sp³-hybridized carbons (Fsp3) is 0.667. The normalized spacial score (nSPS) is 18.1. The van der Waals surface area contributed by atoms with Gasteiger partial charge in [-0.2, -0.15) is 0 Å². The number of likely N-dealkylation sites (tertiary alicyclic amines) is 1. The third kappa shape index (κ3) is 6.30. The maximum Gasteiger partial charge on any atom is 0.138 e. The smallest absolute Gasteiger partial charge is 0.138 e. The van der Waals surface area contributed by atoms with Gasteiger partial charge in [0.05, 0.1) is 17.2 Å². The van der Waals surface area contributed by atoms with Crippen LogP contribution in [-0.4, -0.2) is 48.4 Å². The molecule has 2 N–H and O–H groups in total. The summed E-state index contributed by atoms with van der Waals surface area (Å²) in [6, 6.07) is 5.99. The van der Waals surface area contributed by atoms with Crippen LogP contribution in [0.25, 0.3) is 0 Å². The van der Waals surface area contributed by atoms with Gasteiger partial charge < -0.3 is 20.1 Å². The summed E-state index contributed by atoms with van der Waals surface area (Å²) in [5, 5.41) is 13.6. The highest BCUT2D eigenvalue weighted by Gasteiger charge is 2.16. The Labute approximate surface area is 144 Å². The molecule has 5 heteroatoms. The molecule has 0 aliphatic carbocycles. The van der Waals surface area contributed by atoms with E-state index in [0.717, 1.165) is 57.7 Å². The quantitative estimate of drug-likeness (QED) is 0.714. The first-order chi connectivity index (χ1) is 11.1. The number of rotatable bonds is 8. The number of aliphatic hydroxyl groups excluding tert-OH is 1. The van der Waals surface area contributed by atoms with Gasteiger partial charge in [0.2, 0.25) is 0 Å². The van der Waals surface area contributed by atoms with E-state index in [1.165, 1.54) is 5.56 Å². The lowest BCUT2D eigenvalue weighted by molar-refractivity contribution is 0.0830. The van der Waals surface area contributed by atoms with Crippen LogP contribution >= 0.6 is 11.6 Å². The lowest BCUT2D eigenvalue weighted by atomic mass is 10.1. The zero-order valence-electron chi connectivity index (χ0n) is 14.2. The van der Waals surface area contributed by atoms with Crippen LogP contribution in [0.2, 0.25) is 5.02 Å². The predicted octanol–water partition coefficient (Wildman–Crippen LogP) is 3.06. The van der Waals surface area contributed by atoms with E-state index >= 15 is 0 Å². The van der Waals surface area contributed by atoms with Crippen LogP contribution in [0.1, 0.15) is 38.7 Å². The molecule has 1 aliphatic heterocycles. The molecule has 0 unspecified atom stereocenters. The van der Waals surface area contributed by atoms with Crippen molar-refractivity contribution in [3.05, 3.63) is 28.8 Å². The molecule has 0 spiro atoms. The standard InChI is InChI=1S/C18H29ClN2O2/c1-3-14(2)23-18-5-4-15(12-17(18)19)13-20-8-11-21-9-6-16(22)7-10-21/h4-5,12,14,16,20,22H,3,6-11,13H2,1-2H3/t14-/m0/s1. The van der Waals surface area contributed by atoms with Crippen molar-refractivity contribution in [1.29, 1.82) is 0 Å². The Hall–Kier alpha value is -0.810. The lowest BCUT2D eigenvalue weighted by Gasteiger charge is -2.29. The number of aliphatic hydroxyl groups is 1. The Kier molecular flexibility index (Phi) is 7.63. The van der Waals surface area contributed by atoms with Crippen LogP contribution < -0.4 is 10.1 Å². The van der Waals surface area contributed by atoms with Crippen LogP contribution in [0.5, 0.6) is 5.75 Å². The van der Waals surface area contributed by atoms with Gasteiger partial charge in [-0.25, -0.2) is 0 Å². The number of hydrogen-bond donors (Lipinski definition) is 2. The van der Waals surface area contributed by atoms with Crippen molar-refractivity contribution in [1.82, 2.24) is 10.2 Å². The Balaban J connectivity index is 1.70. The van der Waals surface area contributed by atoms with E-state index in [9.17, 15) is 5.11 Å². The molecule has 1 heterocycles. The van der Waals surface area contributed by atoms with Gasteiger partial charge in [0.15, 0.2) is 0 Å². The summed E-state index contributed by atoms with van der Waals surface area (Å²) in [6.45, 7) is 8.91. The average Bonchev–Trinajstić information content (AvgIpc) is 2.55. The molecular formula is C18H29ClN2O2. The molecule has 1 aliphatic rings. The number of benzene rings is 1. The molecular weight excluding hydrogens is 312 g/mol. The molecule has 130 valence electrons. The van der Waals surface area contributed by atoms with Crippen molar-refractivity contribution < 1.29 is 9.84 Å². The molecule has 1 saturated heterocycles. The Morgan fingerprint density at radius 1 is 1.39 bits per heavy atom. The fourth-order valence-corrected chi connectivity index (χ4v) is 2.91. The van der Waals surface area contributed by atoms with E-state index < -0.39 is 0 Å². The summed E-state index contributed by atoms with van der Waals surface area (Å²) in [6.07, 6.45) is 2.84. The number of ether oxygens (including phenoxy) is 1. The molecule has 0 saturated carbocycles. The minimum absolute atomic E-state index is 0.0995. The third-order valence-electron chi connectivity index (χ3n) is 4.39. The van der Waals surface area contributed by atoms with Gasteiger partial charge in [0.25, 0.3) is 0 Å². The predicted molar refractivity (Wildman–Crippen MR) is 95.2 cm³/mol. The van der Waals surface area contributed by atoms with Crippen LogP contribution in [0.4, 0.5) is 0 Å². The summed E-state index contributed by atoms with van der Waals surface area (Å²) >= 11 is 6.29. The molecule has 0 amide bonds. The van der Waals surface area contributed by atoms with Gasteiger partial charge in [-0.3, -0.25) is 0 Å². The SMILES string of the molecule is CC[C@H](C)Oc1ccc(CNCCN2CCC(O)CC2)cc1Cl. The zero-order chi connectivity index (χ0) is 16.7. The highest BCUT2D eigenvalue weighted by molar-refractivity contribution is 6.32. The zero-order valence-corrected chi connectivity index (χ0v) is 15.0. The Morgan fingerprint density at radius 2 is 2.13 bits per heavy atom. The molecule has 23 heavy (non-hydrogen) atoms. The minimum Gasteiger partial charge on any atom is -0.489 e. The van der Waals surface area contributed by atoms with E-state index in [2.05, 4.69) is 23.2 Å². The van der Waals surface area contributed by atoms with Crippen molar-refractivity contribution in [2.24, 2.45) is 0 Å². The lowest BCUT2D eigenvalue weighted by Crippen LogP contribution is -2.39. The topological polar surface area (TPSA) is 44.7 Å². The number of nitrogens with zero attached hydrogens (tertiary/aromatic N) is 1.